The molecule has 0 saturated carbocycles. The van der Waals surface area contributed by atoms with E-state index in [1.165, 1.54) is 12.1 Å². The molecule has 1 atom stereocenters. The van der Waals surface area contributed by atoms with E-state index in [1.54, 1.807) is 17.0 Å². The van der Waals surface area contributed by atoms with Gasteiger partial charge in [0, 0.05) is 17.8 Å². The molecule has 2 aromatic carbocycles. The molecule has 1 N–H and O–H groups in total. The highest BCUT2D eigenvalue weighted by Gasteiger charge is 2.35. The number of nitrogens with zero attached hydrogens (tertiary/aromatic N) is 3. The molecule has 1 aliphatic heterocycles. The quantitative estimate of drug-likeness (QED) is 0.578. The topological polar surface area (TPSA) is 71.3 Å². The highest BCUT2D eigenvalue weighted by Crippen LogP contribution is 2.37. The Morgan fingerprint density at radius 2 is 1.84 bits per heavy atom. The van der Waals surface area contributed by atoms with Gasteiger partial charge in [-0.25, -0.2) is 9.18 Å². The molecule has 0 fully saturated rings. The van der Waals surface area contributed by atoms with Crippen LogP contribution in [0.5, 0.6) is 0 Å². The predicted octanol–water partition coefficient (Wildman–Crippen LogP) is 5.42. The fraction of sp³-hybridized carbons (Fsp3) is 0.292. The van der Waals surface area contributed by atoms with Crippen LogP contribution in [0.15, 0.2) is 64.8 Å². The van der Waals surface area contributed by atoms with Gasteiger partial charge in [-0.15, -0.1) is 0 Å². The van der Waals surface area contributed by atoms with Gasteiger partial charge >= 0.3 is 6.03 Å². The van der Waals surface area contributed by atoms with Crippen LogP contribution in [0.4, 0.5) is 9.18 Å². The zero-order valence-corrected chi connectivity index (χ0v) is 17.8. The molecule has 0 spiro atoms. The van der Waals surface area contributed by atoms with E-state index in [-0.39, 0.29) is 11.8 Å². The van der Waals surface area contributed by atoms with Gasteiger partial charge in [0.15, 0.2) is 0 Å². The van der Waals surface area contributed by atoms with Crippen LogP contribution < -0.4 is 5.32 Å². The fourth-order valence-corrected chi connectivity index (χ4v) is 3.66. The van der Waals surface area contributed by atoms with E-state index in [2.05, 4.69) is 29.3 Å². The number of carbonyl (C=O) groups excluding carboxylic acids is 1. The van der Waals surface area contributed by atoms with Crippen molar-refractivity contribution >= 4 is 11.6 Å². The molecule has 160 valence electrons. The average Bonchev–Trinajstić information content (AvgIpc) is 3.24. The summed E-state index contributed by atoms with van der Waals surface area (Å²) in [7, 11) is 0. The monoisotopic (exact) mass is 420 g/mol. The van der Waals surface area contributed by atoms with E-state index in [9.17, 15) is 9.18 Å². The molecule has 7 heteroatoms. The van der Waals surface area contributed by atoms with Crippen molar-refractivity contribution in [1.82, 2.24) is 20.4 Å². The van der Waals surface area contributed by atoms with E-state index < -0.39 is 6.04 Å². The summed E-state index contributed by atoms with van der Waals surface area (Å²) in [4.78, 5) is 19.2. The number of hydrogen-bond donors (Lipinski definition) is 1. The molecule has 0 bridgehead atoms. The summed E-state index contributed by atoms with van der Waals surface area (Å²) >= 11 is 0. The van der Waals surface area contributed by atoms with E-state index >= 15 is 0 Å². The molecule has 3 aromatic rings. The van der Waals surface area contributed by atoms with Crippen molar-refractivity contribution < 1.29 is 13.7 Å². The normalized spacial score (nSPS) is 16.7. The maximum absolute atomic E-state index is 13.5. The summed E-state index contributed by atoms with van der Waals surface area (Å²) < 4.78 is 19.2. The number of aromatic nitrogens is 2. The molecule has 1 unspecified atom stereocenters. The number of urea groups is 1. The van der Waals surface area contributed by atoms with Gasteiger partial charge in [0.1, 0.15) is 5.82 Å². The van der Waals surface area contributed by atoms with Crippen LogP contribution in [0, 0.1) is 11.7 Å². The number of amides is 2. The van der Waals surface area contributed by atoms with Crippen molar-refractivity contribution in [1.29, 1.82) is 0 Å². The van der Waals surface area contributed by atoms with E-state index in [0.717, 1.165) is 23.2 Å². The number of hydrogen-bond acceptors (Lipinski definition) is 4. The van der Waals surface area contributed by atoms with Crippen LogP contribution in [0.3, 0.4) is 0 Å². The summed E-state index contributed by atoms with van der Waals surface area (Å²) in [5, 5.41) is 7.18. The standard InChI is InChI=1S/C24H25FN4O2/c1-15(2)13-14-29-16(3)20(21(26-24(29)30)17-9-11-19(25)12-10-17)23-27-22(28-31-23)18-7-5-4-6-8-18/h4-12,15,21H,13-14H2,1-3H3,(H,26,30). The first-order chi connectivity index (χ1) is 14.9. The van der Waals surface area contributed by atoms with Gasteiger partial charge in [-0.1, -0.05) is 61.5 Å². The molecule has 0 saturated heterocycles. The first-order valence-corrected chi connectivity index (χ1v) is 10.4. The first-order valence-electron chi connectivity index (χ1n) is 10.4. The molecule has 2 amide bonds. The van der Waals surface area contributed by atoms with Gasteiger partial charge in [-0.3, -0.25) is 4.90 Å². The lowest BCUT2D eigenvalue weighted by molar-refractivity contribution is 0.202. The first kappa shape index (κ1) is 20.8. The molecule has 0 aliphatic carbocycles. The lowest BCUT2D eigenvalue weighted by Gasteiger charge is -2.35. The summed E-state index contributed by atoms with van der Waals surface area (Å²) in [6.07, 6.45) is 0.859. The molecule has 4 rings (SSSR count). The number of allylic oxidation sites excluding steroid dienone is 1. The number of halogens is 1. The Morgan fingerprint density at radius 1 is 1.13 bits per heavy atom. The van der Waals surface area contributed by atoms with Crippen LogP contribution in [0.2, 0.25) is 0 Å². The SMILES string of the molecule is CC1=C(c2nc(-c3ccccc3)no2)C(c2ccc(F)cc2)NC(=O)N1CCC(C)C. The van der Waals surface area contributed by atoms with Gasteiger partial charge in [0.2, 0.25) is 5.82 Å². The second-order valence-electron chi connectivity index (χ2n) is 8.06. The minimum absolute atomic E-state index is 0.195. The van der Waals surface area contributed by atoms with Crippen LogP contribution in [-0.2, 0) is 0 Å². The average molecular weight is 420 g/mol. The van der Waals surface area contributed by atoms with Gasteiger partial charge in [-0.2, -0.15) is 4.98 Å². The Balaban J connectivity index is 1.78. The maximum Gasteiger partial charge on any atom is 0.322 e. The van der Waals surface area contributed by atoms with Gasteiger partial charge in [0.05, 0.1) is 11.6 Å². The Morgan fingerprint density at radius 3 is 2.52 bits per heavy atom. The third kappa shape index (κ3) is 4.35. The van der Waals surface area contributed by atoms with Crippen LogP contribution >= 0.6 is 0 Å². The summed E-state index contributed by atoms with van der Waals surface area (Å²) in [6.45, 7) is 6.70. The maximum atomic E-state index is 13.5. The Bertz CT molecular complexity index is 1090. The Hall–Kier alpha value is -3.48. The Kier molecular flexibility index (Phi) is 5.84. The van der Waals surface area contributed by atoms with Crippen LogP contribution in [-0.4, -0.2) is 27.6 Å². The number of rotatable bonds is 6. The molecule has 2 heterocycles. The van der Waals surface area contributed by atoms with Gasteiger partial charge in [-0.05, 0) is 37.0 Å². The van der Waals surface area contributed by atoms with Crippen molar-refractivity contribution in [3.63, 3.8) is 0 Å². The van der Waals surface area contributed by atoms with E-state index in [1.807, 2.05) is 37.3 Å². The summed E-state index contributed by atoms with van der Waals surface area (Å²) in [5.74, 6) is 0.919. The molecule has 0 radical (unpaired) electrons. The summed E-state index contributed by atoms with van der Waals surface area (Å²) in [5.41, 5.74) is 3.05. The zero-order valence-electron chi connectivity index (χ0n) is 17.8. The van der Waals surface area contributed by atoms with Crippen molar-refractivity contribution in [2.45, 2.75) is 33.2 Å². The van der Waals surface area contributed by atoms with Crippen LogP contribution in [0.25, 0.3) is 17.0 Å². The van der Waals surface area contributed by atoms with Gasteiger partial charge < -0.3 is 9.84 Å². The zero-order chi connectivity index (χ0) is 22.0. The largest absolute Gasteiger partial charge is 0.334 e. The van der Waals surface area contributed by atoms with Crippen LogP contribution in [0.1, 0.15) is 44.7 Å². The summed E-state index contributed by atoms with van der Waals surface area (Å²) in [6, 6.07) is 14.9. The number of carbonyl (C=O) groups is 1. The molecular formula is C24H25FN4O2. The highest BCUT2D eigenvalue weighted by molar-refractivity contribution is 5.86. The highest BCUT2D eigenvalue weighted by atomic mass is 19.1. The third-order valence-electron chi connectivity index (χ3n) is 5.42. The predicted molar refractivity (Wildman–Crippen MR) is 116 cm³/mol. The molecule has 1 aromatic heterocycles. The number of nitrogens with one attached hydrogen (secondary N) is 1. The second-order valence-corrected chi connectivity index (χ2v) is 8.06. The molecule has 31 heavy (non-hydrogen) atoms. The van der Waals surface area contributed by atoms with Crippen molar-refractivity contribution in [3.8, 4) is 11.4 Å². The molecule has 6 nitrogen and oxygen atoms in total. The molecule has 1 aliphatic rings. The van der Waals surface area contributed by atoms with E-state index in [4.69, 9.17) is 4.52 Å². The smallest absolute Gasteiger partial charge is 0.322 e. The lowest BCUT2D eigenvalue weighted by Crippen LogP contribution is -2.46. The van der Waals surface area contributed by atoms with Gasteiger partial charge in [0.25, 0.3) is 5.89 Å². The van der Waals surface area contributed by atoms with Crippen molar-refractivity contribution in [3.05, 3.63) is 77.6 Å². The van der Waals surface area contributed by atoms with E-state index in [0.29, 0.717) is 29.8 Å². The van der Waals surface area contributed by atoms with Crippen molar-refractivity contribution in [2.24, 2.45) is 5.92 Å². The Labute approximate surface area is 180 Å². The lowest BCUT2D eigenvalue weighted by atomic mass is 9.94. The van der Waals surface area contributed by atoms with Crippen molar-refractivity contribution in [2.75, 3.05) is 6.54 Å². The number of benzene rings is 2. The minimum atomic E-state index is -0.521. The minimum Gasteiger partial charge on any atom is -0.334 e. The molecular weight excluding hydrogens is 395 g/mol. The fourth-order valence-electron chi connectivity index (χ4n) is 3.66. The third-order valence-corrected chi connectivity index (χ3v) is 5.42. The second kappa shape index (κ2) is 8.71.